The fourth-order valence-electron chi connectivity index (χ4n) is 0.698. The van der Waals surface area contributed by atoms with Gasteiger partial charge in [-0.15, -0.1) is 0 Å². The molecule has 0 N–H and O–H groups in total. The molecular weight excluding hydrogens is 170 g/mol. The second-order valence-corrected chi connectivity index (χ2v) is 3.23. The minimum atomic E-state index is -1.14. The largest absolute Gasteiger partial charge is 0.460 e. The van der Waals surface area contributed by atoms with Gasteiger partial charge in [0.15, 0.2) is 0 Å². The monoisotopic (exact) mass is 185 g/mol. The molecule has 4 heteroatoms. The van der Waals surface area contributed by atoms with E-state index in [-0.39, 0.29) is 6.10 Å². The Balaban J connectivity index is 4.40. The van der Waals surface area contributed by atoms with Crippen LogP contribution in [0.1, 0.15) is 34.1 Å². The van der Waals surface area contributed by atoms with E-state index in [2.05, 4.69) is 4.74 Å². The maximum atomic E-state index is 11.4. The van der Waals surface area contributed by atoms with Gasteiger partial charge in [-0.3, -0.25) is 0 Å². The van der Waals surface area contributed by atoms with Crippen molar-refractivity contribution in [2.45, 2.75) is 45.8 Å². The third-order valence-electron chi connectivity index (χ3n) is 1.72. The van der Waals surface area contributed by atoms with Gasteiger partial charge in [0.25, 0.3) is 6.26 Å². The molecule has 13 heavy (non-hydrogen) atoms. The molecule has 1 atom stereocenters. The Bertz CT molecular complexity index is 219. The summed E-state index contributed by atoms with van der Waals surface area (Å²) in [7, 11) is 0. The molecule has 0 aliphatic carbocycles. The second kappa shape index (κ2) is 4.70. The second-order valence-electron chi connectivity index (χ2n) is 3.23. The van der Waals surface area contributed by atoms with Crippen LogP contribution in [0.5, 0.6) is 0 Å². The topological polar surface area (TPSA) is 59.3 Å². The Morgan fingerprint density at radius 2 is 2.15 bits per heavy atom. The highest BCUT2D eigenvalue weighted by Gasteiger charge is 2.36. The molecule has 0 bridgehead atoms. The summed E-state index contributed by atoms with van der Waals surface area (Å²) < 4.78 is 9.62. The molecule has 0 aromatic heterocycles. The number of rotatable bonds is 4. The van der Waals surface area contributed by atoms with E-state index in [1.165, 1.54) is 6.26 Å². The average molecular weight is 185 g/mol. The predicted octanol–water partition coefficient (Wildman–Crippen LogP) is 1.60. The predicted molar refractivity (Wildman–Crippen MR) is 46.6 cm³/mol. The molecule has 0 aliphatic heterocycles. The van der Waals surface area contributed by atoms with Gasteiger partial charge in [0.2, 0.25) is 5.60 Å². The molecule has 0 spiro atoms. The first-order chi connectivity index (χ1) is 5.96. The van der Waals surface area contributed by atoms with Gasteiger partial charge in [-0.25, -0.2) is 4.79 Å². The lowest BCUT2D eigenvalue weighted by Gasteiger charge is -2.23. The lowest BCUT2D eigenvalue weighted by molar-refractivity contribution is -0.167. The molecule has 0 amide bonds. The van der Waals surface area contributed by atoms with Gasteiger partial charge in [0.1, 0.15) is 0 Å². The van der Waals surface area contributed by atoms with Crippen molar-refractivity contribution in [1.82, 2.24) is 0 Å². The highest BCUT2D eigenvalue weighted by Crippen LogP contribution is 2.17. The van der Waals surface area contributed by atoms with E-state index < -0.39 is 11.6 Å². The lowest BCUT2D eigenvalue weighted by Crippen LogP contribution is -2.39. The smallest absolute Gasteiger partial charge is 0.351 e. The SMILES string of the molecule is CC[C@@](C)(OC#N)C(=O)OC(C)C. The number of hydrogen-bond donors (Lipinski definition) is 0. The molecule has 0 fully saturated rings. The van der Waals surface area contributed by atoms with E-state index in [0.717, 1.165) is 0 Å². The van der Waals surface area contributed by atoms with E-state index in [9.17, 15) is 4.79 Å². The molecule has 0 heterocycles. The number of ether oxygens (including phenoxy) is 2. The normalized spacial score (nSPS) is 14.5. The van der Waals surface area contributed by atoms with E-state index in [0.29, 0.717) is 6.42 Å². The number of hydrogen-bond acceptors (Lipinski definition) is 4. The maximum Gasteiger partial charge on any atom is 0.351 e. The fraction of sp³-hybridized carbons (Fsp3) is 0.778. The van der Waals surface area contributed by atoms with E-state index in [1.54, 1.807) is 27.7 Å². The van der Waals surface area contributed by atoms with Crippen molar-refractivity contribution in [3.05, 3.63) is 0 Å². The van der Waals surface area contributed by atoms with Crippen LogP contribution < -0.4 is 0 Å². The molecule has 0 unspecified atom stereocenters. The highest BCUT2D eigenvalue weighted by molar-refractivity contribution is 5.79. The molecule has 0 rings (SSSR count). The first kappa shape index (κ1) is 11.8. The van der Waals surface area contributed by atoms with Crippen LogP contribution in [-0.2, 0) is 14.3 Å². The van der Waals surface area contributed by atoms with E-state index in [1.807, 2.05) is 0 Å². The quantitative estimate of drug-likeness (QED) is 0.493. The number of esters is 1. The summed E-state index contributed by atoms with van der Waals surface area (Å²) in [5, 5.41) is 8.34. The zero-order valence-corrected chi connectivity index (χ0v) is 8.46. The molecule has 0 saturated heterocycles. The average Bonchev–Trinajstić information content (AvgIpc) is 2.03. The van der Waals surface area contributed by atoms with Crippen LogP contribution >= 0.6 is 0 Å². The number of carbonyl (C=O) groups is 1. The molecule has 0 saturated carbocycles. The fourth-order valence-corrected chi connectivity index (χ4v) is 0.698. The van der Waals surface area contributed by atoms with Crippen LogP contribution in [0, 0.1) is 11.5 Å². The van der Waals surface area contributed by atoms with Crippen LogP contribution in [0.25, 0.3) is 0 Å². The van der Waals surface area contributed by atoms with Gasteiger partial charge in [0.05, 0.1) is 6.10 Å². The first-order valence-corrected chi connectivity index (χ1v) is 4.24. The van der Waals surface area contributed by atoms with Crippen molar-refractivity contribution in [1.29, 1.82) is 5.26 Å². The molecule has 4 nitrogen and oxygen atoms in total. The number of nitriles is 1. The molecular formula is C9H15NO3. The van der Waals surface area contributed by atoms with Crippen molar-refractivity contribution in [2.75, 3.05) is 0 Å². The van der Waals surface area contributed by atoms with Crippen LogP contribution in [0.2, 0.25) is 0 Å². The molecule has 74 valence electrons. The van der Waals surface area contributed by atoms with Gasteiger partial charge in [-0.1, -0.05) is 6.92 Å². The molecule has 0 aromatic rings. The van der Waals surface area contributed by atoms with Crippen LogP contribution in [-0.4, -0.2) is 17.7 Å². The van der Waals surface area contributed by atoms with Crippen molar-refractivity contribution in [3.63, 3.8) is 0 Å². The van der Waals surface area contributed by atoms with Crippen molar-refractivity contribution >= 4 is 5.97 Å². The van der Waals surface area contributed by atoms with E-state index >= 15 is 0 Å². The van der Waals surface area contributed by atoms with Crippen LogP contribution in [0.4, 0.5) is 0 Å². The number of nitrogens with zero attached hydrogens (tertiary/aromatic N) is 1. The third kappa shape index (κ3) is 3.32. The zero-order valence-electron chi connectivity index (χ0n) is 8.46. The Morgan fingerprint density at radius 3 is 2.46 bits per heavy atom. The minimum absolute atomic E-state index is 0.194. The standard InChI is InChI=1S/C9H15NO3/c1-5-9(4,12-6-10)8(11)13-7(2)3/h7H,5H2,1-4H3/t9-/m1/s1. The highest BCUT2D eigenvalue weighted by atomic mass is 16.6. The molecule has 0 aromatic carbocycles. The Morgan fingerprint density at radius 1 is 1.62 bits per heavy atom. The van der Waals surface area contributed by atoms with Gasteiger partial charge in [0, 0.05) is 0 Å². The lowest BCUT2D eigenvalue weighted by atomic mass is 10.0. The van der Waals surface area contributed by atoms with Crippen LogP contribution in [0.3, 0.4) is 0 Å². The summed E-state index contributed by atoms with van der Waals surface area (Å²) in [5.41, 5.74) is -1.14. The summed E-state index contributed by atoms with van der Waals surface area (Å²) in [4.78, 5) is 11.4. The summed E-state index contributed by atoms with van der Waals surface area (Å²) in [6.45, 7) is 6.81. The van der Waals surface area contributed by atoms with Crippen molar-refractivity contribution < 1.29 is 14.3 Å². The molecule has 0 radical (unpaired) electrons. The Kier molecular flexibility index (Phi) is 4.26. The van der Waals surface area contributed by atoms with E-state index in [4.69, 9.17) is 10.00 Å². The van der Waals surface area contributed by atoms with Gasteiger partial charge in [-0.2, -0.15) is 5.26 Å². The molecule has 0 aliphatic rings. The third-order valence-corrected chi connectivity index (χ3v) is 1.72. The first-order valence-electron chi connectivity index (χ1n) is 4.24. The summed E-state index contributed by atoms with van der Waals surface area (Å²) >= 11 is 0. The van der Waals surface area contributed by atoms with Crippen molar-refractivity contribution in [3.8, 4) is 6.26 Å². The van der Waals surface area contributed by atoms with Crippen LogP contribution in [0.15, 0.2) is 0 Å². The minimum Gasteiger partial charge on any atom is -0.460 e. The van der Waals surface area contributed by atoms with Gasteiger partial charge < -0.3 is 9.47 Å². The Hall–Kier alpha value is -1.24. The van der Waals surface area contributed by atoms with Gasteiger partial charge >= 0.3 is 5.97 Å². The summed E-state index contributed by atoms with van der Waals surface area (Å²) in [6, 6.07) is 0. The van der Waals surface area contributed by atoms with Gasteiger partial charge in [-0.05, 0) is 27.2 Å². The number of carbonyl (C=O) groups excluding carboxylic acids is 1. The van der Waals surface area contributed by atoms with Crippen molar-refractivity contribution in [2.24, 2.45) is 0 Å². The summed E-state index contributed by atoms with van der Waals surface area (Å²) in [6.07, 6.45) is 1.73. The zero-order chi connectivity index (χ0) is 10.5. The summed E-state index contributed by atoms with van der Waals surface area (Å²) in [5.74, 6) is -0.494. The maximum absolute atomic E-state index is 11.4. The Labute approximate surface area is 78.4 Å².